The van der Waals surface area contributed by atoms with E-state index in [2.05, 4.69) is 0 Å². The molecule has 7 heteroatoms. The van der Waals surface area contributed by atoms with Crippen LogP contribution in [0, 0.1) is 12.8 Å². The van der Waals surface area contributed by atoms with E-state index in [1.807, 2.05) is 39.5 Å². The van der Waals surface area contributed by atoms with Gasteiger partial charge < -0.3 is 9.64 Å². The van der Waals surface area contributed by atoms with Crippen LogP contribution in [0.4, 0.5) is 0 Å². The fourth-order valence-electron chi connectivity index (χ4n) is 3.45. The van der Waals surface area contributed by atoms with Crippen LogP contribution in [0.1, 0.15) is 46.1 Å². The van der Waals surface area contributed by atoms with E-state index in [1.54, 1.807) is 18.2 Å². The van der Waals surface area contributed by atoms with Gasteiger partial charge in [0.2, 0.25) is 15.9 Å². The zero-order chi connectivity index (χ0) is 20.2. The van der Waals surface area contributed by atoms with Gasteiger partial charge in [0.15, 0.2) is 0 Å². The Kier molecular flexibility index (Phi) is 7.28. The molecule has 1 heterocycles. The Morgan fingerprint density at radius 3 is 2.30 bits per heavy atom. The van der Waals surface area contributed by atoms with Crippen LogP contribution in [0.3, 0.4) is 0 Å². The molecular formula is C20H32N2O4S. The third-order valence-electron chi connectivity index (χ3n) is 5.03. The van der Waals surface area contributed by atoms with E-state index in [1.165, 1.54) is 4.31 Å². The second-order valence-corrected chi connectivity index (χ2v) is 9.22. The molecule has 1 amide bonds. The molecular weight excluding hydrogens is 364 g/mol. The second kappa shape index (κ2) is 9.06. The SMILES string of the molecule is CCN(CC)C(=O)C1CCN(S(=O)(=O)c2ccc(OC(C)C)c(C)c2)CC1. The van der Waals surface area contributed by atoms with E-state index in [0.29, 0.717) is 44.8 Å². The van der Waals surface area contributed by atoms with Crippen molar-refractivity contribution in [2.75, 3.05) is 26.2 Å². The average molecular weight is 397 g/mol. The van der Waals surface area contributed by atoms with Crippen molar-refractivity contribution in [3.63, 3.8) is 0 Å². The van der Waals surface area contributed by atoms with Crippen molar-refractivity contribution in [1.82, 2.24) is 9.21 Å². The molecule has 0 atom stereocenters. The maximum absolute atomic E-state index is 13.0. The van der Waals surface area contributed by atoms with Crippen LogP contribution in [0.25, 0.3) is 0 Å². The molecule has 0 saturated carbocycles. The fraction of sp³-hybridized carbons (Fsp3) is 0.650. The Morgan fingerprint density at radius 1 is 1.22 bits per heavy atom. The molecule has 2 rings (SSSR count). The lowest BCUT2D eigenvalue weighted by molar-refractivity contribution is -0.136. The molecule has 1 aliphatic heterocycles. The standard InChI is InChI=1S/C20H32N2O4S/c1-6-21(7-2)20(23)17-10-12-22(13-11-17)27(24,25)18-8-9-19(16(5)14-18)26-15(3)4/h8-9,14-15,17H,6-7,10-13H2,1-5H3. The number of ether oxygens (including phenoxy) is 1. The van der Waals surface area contributed by atoms with Gasteiger partial charge in [-0.05, 0) is 71.2 Å². The van der Waals surface area contributed by atoms with E-state index < -0.39 is 10.0 Å². The topological polar surface area (TPSA) is 66.9 Å². The van der Waals surface area contributed by atoms with E-state index in [-0.39, 0.29) is 22.8 Å². The van der Waals surface area contributed by atoms with Crippen molar-refractivity contribution in [2.24, 2.45) is 5.92 Å². The summed E-state index contributed by atoms with van der Waals surface area (Å²) in [7, 11) is -3.56. The highest BCUT2D eigenvalue weighted by atomic mass is 32.2. The minimum absolute atomic E-state index is 0.0357. The van der Waals surface area contributed by atoms with Crippen LogP contribution >= 0.6 is 0 Å². The summed E-state index contributed by atoms with van der Waals surface area (Å²) in [5, 5.41) is 0. The fourth-order valence-corrected chi connectivity index (χ4v) is 5.01. The van der Waals surface area contributed by atoms with Gasteiger partial charge in [0.25, 0.3) is 0 Å². The number of carbonyl (C=O) groups is 1. The summed E-state index contributed by atoms with van der Waals surface area (Å²) in [6, 6.07) is 4.99. The summed E-state index contributed by atoms with van der Waals surface area (Å²) in [5.74, 6) is 0.760. The van der Waals surface area contributed by atoms with E-state index in [9.17, 15) is 13.2 Å². The summed E-state index contributed by atoms with van der Waals surface area (Å²) in [6.07, 6.45) is 1.18. The first-order valence-electron chi connectivity index (χ1n) is 9.76. The van der Waals surface area contributed by atoms with Crippen molar-refractivity contribution in [3.05, 3.63) is 23.8 Å². The predicted molar refractivity (Wildman–Crippen MR) is 106 cm³/mol. The Hall–Kier alpha value is -1.60. The molecule has 0 unspecified atom stereocenters. The summed E-state index contributed by atoms with van der Waals surface area (Å²) in [6.45, 7) is 11.8. The quantitative estimate of drug-likeness (QED) is 0.710. The molecule has 0 N–H and O–H groups in total. The lowest BCUT2D eigenvalue weighted by Crippen LogP contribution is -2.44. The van der Waals surface area contributed by atoms with Crippen LogP contribution < -0.4 is 4.74 Å². The van der Waals surface area contributed by atoms with Gasteiger partial charge in [0.1, 0.15) is 5.75 Å². The number of hydrogen-bond donors (Lipinski definition) is 0. The highest BCUT2D eigenvalue weighted by Crippen LogP contribution is 2.28. The molecule has 0 aromatic heterocycles. The van der Waals surface area contributed by atoms with E-state index in [0.717, 1.165) is 5.56 Å². The smallest absolute Gasteiger partial charge is 0.243 e. The number of aryl methyl sites for hydroxylation is 1. The first-order valence-corrected chi connectivity index (χ1v) is 11.2. The maximum atomic E-state index is 13.0. The Balaban J connectivity index is 2.09. The maximum Gasteiger partial charge on any atom is 0.243 e. The van der Waals surface area contributed by atoms with Crippen LogP contribution in [-0.2, 0) is 14.8 Å². The Bertz CT molecular complexity index is 749. The van der Waals surface area contributed by atoms with E-state index in [4.69, 9.17) is 4.74 Å². The number of hydrogen-bond acceptors (Lipinski definition) is 4. The van der Waals surface area contributed by atoms with Gasteiger partial charge >= 0.3 is 0 Å². The van der Waals surface area contributed by atoms with Crippen LogP contribution in [-0.4, -0.2) is 55.8 Å². The van der Waals surface area contributed by atoms with Gasteiger partial charge in [-0.3, -0.25) is 4.79 Å². The minimum atomic E-state index is -3.56. The summed E-state index contributed by atoms with van der Waals surface area (Å²) < 4.78 is 33.2. The molecule has 1 fully saturated rings. The average Bonchev–Trinajstić information content (AvgIpc) is 2.64. The van der Waals surface area contributed by atoms with Crippen LogP contribution in [0.5, 0.6) is 5.75 Å². The van der Waals surface area contributed by atoms with Gasteiger partial charge in [-0.15, -0.1) is 0 Å². The third-order valence-corrected chi connectivity index (χ3v) is 6.92. The molecule has 1 aromatic carbocycles. The number of benzene rings is 1. The Labute approximate surface area is 163 Å². The number of rotatable bonds is 7. The van der Waals surface area contributed by atoms with Crippen LogP contribution in [0.2, 0.25) is 0 Å². The van der Waals surface area contributed by atoms with Gasteiger partial charge in [0.05, 0.1) is 11.0 Å². The molecule has 0 aliphatic carbocycles. The number of carbonyl (C=O) groups excluding carboxylic acids is 1. The predicted octanol–water partition coefficient (Wildman–Crippen LogP) is 3.05. The monoisotopic (exact) mass is 396 g/mol. The van der Waals surface area contributed by atoms with Gasteiger partial charge in [-0.25, -0.2) is 8.42 Å². The molecule has 0 spiro atoms. The van der Waals surface area contributed by atoms with Crippen molar-refractivity contribution in [2.45, 2.75) is 58.5 Å². The largest absolute Gasteiger partial charge is 0.491 e. The van der Waals surface area contributed by atoms with Gasteiger partial charge in [-0.2, -0.15) is 4.31 Å². The highest BCUT2D eigenvalue weighted by molar-refractivity contribution is 7.89. The van der Waals surface area contributed by atoms with Crippen molar-refractivity contribution >= 4 is 15.9 Å². The highest BCUT2D eigenvalue weighted by Gasteiger charge is 2.33. The molecule has 6 nitrogen and oxygen atoms in total. The Morgan fingerprint density at radius 2 is 1.81 bits per heavy atom. The first kappa shape index (κ1) is 21.7. The lowest BCUT2D eigenvalue weighted by atomic mass is 9.96. The van der Waals surface area contributed by atoms with Crippen LogP contribution in [0.15, 0.2) is 23.1 Å². The molecule has 1 aliphatic rings. The number of nitrogens with zero attached hydrogens (tertiary/aromatic N) is 2. The zero-order valence-electron chi connectivity index (χ0n) is 17.1. The number of amides is 1. The summed E-state index contributed by atoms with van der Waals surface area (Å²) in [5.41, 5.74) is 0.802. The van der Waals surface area contributed by atoms with Gasteiger partial charge in [0, 0.05) is 32.1 Å². The van der Waals surface area contributed by atoms with E-state index >= 15 is 0 Å². The number of piperidine rings is 1. The first-order chi connectivity index (χ1) is 12.7. The lowest BCUT2D eigenvalue weighted by Gasteiger charge is -2.33. The number of sulfonamides is 1. The van der Waals surface area contributed by atoms with Crippen molar-refractivity contribution in [3.8, 4) is 5.75 Å². The third kappa shape index (κ3) is 5.02. The molecule has 1 saturated heterocycles. The second-order valence-electron chi connectivity index (χ2n) is 7.28. The van der Waals surface area contributed by atoms with Crippen molar-refractivity contribution in [1.29, 1.82) is 0 Å². The molecule has 27 heavy (non-hydrogen) atoms. The van der Waals surface area contributed by atoms with Gasteiger partial charge in [-0.1, -0.05) is 0 Å². The normalized spacial score (nSPS) is 16.5. The molecule has 0 radical (unpaired) electrons. The summed E-state index contributed by atoms with van der Waals surface area (Å²) in [4.78, 5) is 14.6. The van der Waals surface area contributed by atoms with Crippen molar-refractivity contribution < 1.29 is 17.9 Å². The minimum Gasteiger partial charge on any atom is -0.491 e. The zero-order valence-corrected chi connectivity index (χ0v) is 17.9. The molecule has 1 aromatic rings. The molecule has 0 bridgehead atoms. The summed E-state index contributed by atoms with van der Waals surface area (Å²) >= 11 is 0. The molecule has 152 valence electrons.